The Morgan fingerprint density at radius 1 is 1.10 bits per heavy atom. The van der Waals surface area contributed by atoms with Crippen molar-refractivity contribution in [1.82, 2.24) is 14.9 Å². The van der Waals surface area contributed by atoms with E-state index < -0.39 is 0 Å². The molecule has 0 radical (unpaired) electrons. The van der Waals surface area contributed by atoms with Crippen molar-refractivity contribution in [2.75, 3.05) is 18.6 Å². The highest BCUT2D eigenvalue weighted by Crippen LogP contribution is 2.43. The summed E-state index contributed by atoms with van der Waals surface area (Å²) in [5, 5.41) is 4.25. The van der Waals surface area contributed by atoms with Crippen LogP contribution in [0.15, 0.2) is 60.8 Å². The van der Waals surface area contributed by atoms with Crippen molar-refractivity contribution in [3.63, 3.8) is 0 Å². The van der Waals surface area contributed by atoms with Gasteiger partial charge in [0.25, 0.3) is 0 Å². The number of methoxy groups -OCH3 is 1. The third-order valence-electron chi connectivity index (χ3n) is 5.58. The minimum absolute atomic E-state index is 0.0160. The fourth-order valence-electron chi connectivity index (χ4n) is 4.19. The van der Waals surface area contributed by atoms with Gasteiger partial charge in [0.1, 0.15) is 0 Å². The van der Waals surface area contributed by atoms with Gasteiger partial charge in [-0.15, -0.1) is 0 Å². The number of pyridine rings is 1. The minimum Gasteiger partial charge on any atom is -0.383 e. The summed E-state index contributed by atoms with van der Waals surface area (Å²) in [7, 11) is 1.74. The molecule has 2 aromatic heterocycles. The average Bonchev–Trinajstić information content (AvgIpc) is 3.23. The molecule has 1 aromatic carbocycles. The third-order valence-corrected chi connectivity index (χ3v) is 5.90. The fraction of sp³-hybridized carbons (Fsp3) is 0.304. The SMILES string of the molecule is COCCn1c(C)cc([C@H]2[C@@H](c3ccccn3)NC(=S)N2c2ccccc2)c1C. The molecule has 5 nitrogen and oxygen atoms in total. The molecule has 6 heteroatoms. The van der Waals surface area contributed by atoms with Crippen LogP contribution < -0.4 is 10.2 Å². The summed E-state index contributed by atoms with van der Waals surface area (Å²) < 4.78 is 7.63. The van der Waals surface area contributed by atoms with E-state index >= 15 is 0 Å². The van der Waals surface area contributed by atoms with E-state index in [9.17, 15) is 0 Å². The second kappa shape index (κ2) is 8.35. The Balaban J connectivity index is 1.83. The molecule has 4 rings (SSSR count). The van der Waals surface area contributed by atoms with Crippen molar-refractivity contribution in [2.24, 2.45) is 0 Å². The molecule has 1 aliphatic heterocycles. The minimum atomic E-state index is -0.0275. The molecular formula is C23H26N4OS. The number of thiocarbonyl (C=S) groups is 1. The second-order valence-electron chi connectivity index (χ2n) is 7.30. The van der Waals surface area contributed by atoms with Gasteiger partial charge in [-0.2, -0.15) is 0 Å². The first-order valence-corrected chi connectivity index (χ1v) is 10.2. The maximum atomic E-state index is 5.79. The lowest BCUT2D eigenvalue weighted by atomic mass is 9.96. The molecule has 29 heavy (non-hydrogen) atoms. The van der Waals surface area contributed by atoms with Crippen LogP contribution in [0.3, 0.4) is 0 Å². The molecule has 150 valence electrons. The van der Waals surface area contributed by atoms with Gasteiger partial charge in [0.2, 0.25) is 0 Å². The van der Waals surface area contributed by atoms with Gasteiger partial charge < -0.3 is 19.5 Å². The second-order valence-corrected chi connectivity index (χ2v) is 7.69. The molecule has 1 N–H and O–H groups in total. The van der Waals surface area contributed by atoms with Crippen LogP contribution in [-0.4, -0.2) is 28.4 Å². The first-order chi connectivity index (χ1) is 14.1. The predicted molar refractivity (Wildman–Crippen MR) is 120 cm³/mol. The summed E-state index contributed by atoms with van der Waals surface area (Å²) in [4.78, 5) is 6.85. The number of nitrogens with zero attached hydrogens (tertiary/aromatic N) is 3. The Labute approximate surface area is 177 Å². The monoisotopic (exact) mass is 406 g/mol. The van der Waals surface area contributed by atoms with E-state index in [1.807, 2.05) is 36.5 Å². The lowest BCUT2D eigenvalue weighted by molar-refractivity contribution is 0.186. The Morgan fingerprint density at radius 2 is 1.86 bits per heavy atom. The fourth-order valence-corrected chi connectivity index (χ4v) is 4.54. The van der Waals surface area contributed by atoms with E-state index in [0.717, 1.165) is 23.0 Å². The van der Waals surface area contributed by atoms with Crippen LogP contribution >= 0.6 is 12.2 Å². The maximum absolute atomic E-state index is 5.79. The molecule has 2 atom stereocenters. The highest BCUT2D eigenvalue weighted by molar-refractivity contribution is 7.80. The highest BCUT2D eigenvalue weighted by atomic mass is 32.1. The van der Waals surface area contributed by atoms with Gasteiger partial charge in [-0.25, -0.2) is 0 Å². The standard InChI is InChI=1S/C23H26N4OS/c1-16-15-19(17(2)26(16)13-14-28-3)22-21(20-11-7-8-12-24-20)25-23(29)27(22)18-9-5-4-6-10-18/h4-12,15,21-22H,13-14H2,1-3H3,(H,25,29)/t21-,22+/m1/s1. The van der Waals surface area contributed by atoms with Crippen LogP contribution in [-0.2, 0) is 11.3 Å². The van der Waals surface area contributed by atoms with Crippen molar-refractivity contribution >= 4 is 23.0 Å². The van der Waals surface area contributed by atoms with Gasteiger partial charge in [-0.3, -0.25) is 4.98 Å². The summed E-state index contributed by atoms with van der Waals surface area (Å²) in [6.07, 6.45) is 1.84. The van der Waals surface area contributed by atoms with Gasteiger partial charge in [-0.05, 0) is 62.0 Å². The Bertz CT molecular complexity index is 987. The van der Waals surface area contributed by atoms with Gasteiger partial charge in [0.15, 0.2) is 5.11 Å². The van der Waals surface area contributed by atoms with Crippen molar-refractivity contribution < 1.29 is 4.74 Å². The first-order valence-electron chi connectivity index (χ1n) is 9.83. The smallest absolute Gasteiger partial charge is 0.174 e. The van der Waals surface area contributed by atoms with Crippen molar-refractivity contribution in [1.29, 1.82) is 0 Å². The number of aromatic nitrogens is 2. The van der Waals surface area contributed by atoms with Gasteiger partial charge in [0, 0.05) is 36.9 Å². The van der Waals surface area contributed by atoms with Crippen LogP contribution in [0, 0.1) is 13.8 Å². The molecule has 1 aliphatic rings. The predicted octanol–water partition coefficient (Wildman–Crippen LogP) is 4.32. The summed E-state index contributed by atoms with van der Waals surface area (Å²) in [5.74, 6) is 0. The molecule has 0 bridgehead atoms. The zero-order valence-corrected chi connectivity index (χ0v) is 17.8. The number of hydrogen-bond donors (Lipinski definition) is 1. The summed E-state index contributed by atoms with van der Waals surface area (Å²) in [6.45, 7) is 5.84. The van der Waals surface area contributed by atoms with E-state index in [4.69, 9.17) is 17.0 Å². The quantitative estimate of drug-likeness (QED) is 0.618. The molecular weight excluding hydrogens is 380 g/mol. The Hall–Kier alpha value is -2.70. The van der Waals surface area contributed by atoms with Crippen LogP contribution in [0.4, 0.5) is 5.69 Å². The van der Waals surface area contributed by atoms with Crippen LogP contribution in [0.2, 0.25) is 0 Å². The van der Waals surface area contributed by atoms with Gasteiger partial charge >= 0.3 is 0 Å². The Morgan fingerprint density at radius 3 is 2.55 bits per heavy atom. The van der Waals surface area contributed by atoms with Crippen LogP contribution in [0.1, 0.15) is 34.7 Å². The number of ether oxygens (including phenoxy) is 1. The van der Waals surface area contributed by atoms with E-state index in [-0.39, 0.29) is 12.1 Å². The normalized spacial score (nSPS) is 18.9. The third kappa shape index (κ3) is 3.66. The van der Waals surface area contributed by atoms with E-state index in [0.29, 0.717) is 6.61 Å². The van der Waals surface area contributed by atoms with E-state index in [1.165, 1.54) is 17.0 Å². The summed E-state index contributed by atoms with van der Waals surface area (Å²) in [6, 6.07) is 18.6. The lowest BCUT2D eigenvalue weighted by Crippen LogP contribution is -2.29. The Kier molecular flexibility index (Phi) is 5.65. The first kappa shape index (κ1) is 19.6. The zero-order chi connectivity index (χ0) is 20.4. The molecule has 1 saturated heterocycles. The summed E-state index contributed by atoms with van der Waals surface area (Å²) in [5.41, 5.74) is 5.78. The van der Waals surface area contributed by atoms with E-state index in [1.54, 1.807) is 7.11 Å². The highest BCUT2D eigenvalue weighted by Gasteiger charge is 2.42. The molecule has 0 aliphatic carbocycles. The number of hydrogen-bond acceptors (Lipinski definition) is 3. The lowest BCUT2D eigenvalue weighted by Gasteiger charge is -2.28. The summed E-state index contributed by atoms with van der Waals surface area (Å²) >= 11 is 5.79. The molecule has 1 fully saturated rings. The van der Waals surface area contributed by atoms with Crippen molar-refractivity contribution in [3.05, 3.63) is 83.4 Å². The van der Waals surface area contributed by atoms with Crippen molar-refractivity contribution in [3.8, 4) is 0 Å². The number of nitrogens with one attached hydrogen (secondary N) is 1. The molecule has 3 aromatic rings. The van der Waals surface area contributed by atoms with Gasteiger partial charge in [0.05, 0.1) is 24.4 Å². The van der Waals surface area contributed by atoms with Gasteiger partial charge in [-0.1, -0.05) is 24.3 Å². The number of para-hydroxylation sites is 1. The molecule has 0 unspecified atom stereocenters. The van der Waals surface area contributed by atoms with E-state index in [2.05, 4.69) is 57.9 Å². The molecule has 0 amide bonds. The maximum Gasteiger partial charge on any atom is 0.174 e. The average molecular weight is 407 g/mol. The van der Waals surface area contributed by atoms with Crippen LogP contribution in [0.25, 0.3) is 0 Å². The number of benzene rings is 1. The molecule has 0 saturated carbocycles. The number of anilines is 1. The number of rotatable bonds is 6. The van der Waals surface area contributed by atoms with Crippen LogP contribution in [0.5, 0.6) is 0 Å². The van der Waals surface area contributed by atoms with Crippen molar-refractivity contribution in [2.45, 2.75) is 32.5 Å². The molecule has 3 heterocycles. The number of aryl methyl sites for hydroxylation is 1. The zero-order valence-electron chi connectivity index (χ0n) is 17.0. The largest absolute Gasteiger partial charge is 0.383 e. The molecule has 0 spiro atoms. The topological polar surface area (TPSA) is 42.3 Å².